The van der Waals surface area contributed by atoms with E-state index in [4.69, 9.17) is 18.9 Å². The van der Waals surface area contributed by atoms with Crippen LogP contribution in [-0.4, -0.2) is 58.2 Å². The van der Waals surface area contributed by atoms with Gasteiger partial charge in [-0.1, -0.05) is 12.1 Å². The minimum atomic E-state index is -0.130. The van der Waals surface area contributed by atoms with Gasteiger partial charge in [-0.2, -0.15) is 0 Å². The van der Waals surface area contributed by atoms with Gasteiger partial charge in [0, 0.05) is 11.1 Å². The lowest BCUT2D eigenvalue weighted by Crippen LogP contribution is -3.00. The van der Waals surface area contributed by atoms with Crippen LogP contribution in [0.15, 0.2) is 66.7 Å². The zero-order valence-electron chi connectivity index (χ0n) is 21.2. The van der Waals surface area contributed by atoms with Crippen LogP contribution >= 0.6 is 0 Å². The van der Waals surface area contributed by atoms with Gasteiger partial charge in [0.25, 0.3) is 0 Å². The van der Waals surface area contributed by atoms with Gasteiger partial charge in [-0.15, -0.1) is 0 Å². The lowest BCUT2D eigenvalue weighted by Gasteiger charge is -2.31. The largest absolute Gasteiger partial charge is 1.00 e. The second kappa shape index (κ2) is 13.0. The molecule has 0 radical (unpaired) electrons. The number of hydrogen-bond acceptors (Lipinski definition) is 6. The van der Waals surface area contributed by atoms with Gasteiger partial charge in [0.05, 0.1) is 41.9 Å². The van der Waals surface area contributed by atoms with Gasteiger partial charge in [0.15, 0.2) is 11.5 Å². The molecule has 1 atom stereocenters. The predicted octanol–water partition coefficient (Wildman–Crippen LogP) is 1.32. The van der Waals surface area contributed by atoms with Crippen LogP contribution in [0.4, 0.5) is 0 Å². The molecule has 0 aliphatic heterocycles. The average Bonchev–Trinajstić information content (AvgIpc) is 2.88. The van der Waals surface area contributed by atoms with Crippen LogP contribution in [0.5, 0.6) is 23.0 Å². The minimum absolute atomic E-state index is 0. The molecule has 8 heteroatoms. The van der Waals surface area contributed by atoms with E-state index in [1.807, 2.05) is 36.4 Å². The number of amides is 1. The fraction of sp³-hybridized carbons (Fsp3) is 0.286. The number of ether oxygens (including phenoxy) is 4. The zero-order valence-corrected chi connectivity index (χ0v) is 22.0. The van der Waals surface area contributed by atoms with Crippen molar-refractivity contribution in [2.24, 2.45) is 0 Å². The van der Waals surface area contributed by atoms with E-state index in [2.05, 4.69) is 0 Å². The van der Waals surface area contributed by atoms with Crippen molar-refractivity contribution in [3.63, 3.8) is 0 Å². The molecule has 0 saturated carbocycles. The molecule has 3 aromatic carbocycles. The fourth-order valence-corrected chi connectivity index (χ4v) is 3.95. The number of ketones is 1. The van der Waals surface area contributed by atoms with E-state index in [1.54, 1.807) is 65.8 Å². The van der Waals surface area contributed by atoms with E-state index in [9.17, 15) is 9.59 Å². The number of likely N-dealkylation sites (N-methyl/N-ethyl adjacent to an activating group) is 1. The van der Waals surface area contributed by atoms with E-state index < -0.39 is 0 Å². The van der Waals surface area contributed by atoms with Gasteiger partial charge < -0.3 is 31.4 Å². The number of Topliss-reactive ketones (excluding diaryl/α,β-unsaturated/α-hetero) is 1. The monoisotopic (exact) mass is 513 g/mol. The number of carbonyl (C=O) groups excluding carboxylic acids is 2. The summed E-state index contributed by atoms with van der Waals surface area (Å²) < 4.78 is 21.2. The maximum Gasteiger partial charge on any atom is 0.318 e. The highest BCUT2D eigenvalue weighted by Gasteiger charge is 2.35. The van der Waals surface area contributed by atoms with E-state index in [0.717, 1.165) is 11.1 Å². The van der Waals surface area contributed by atoms with E-state index in [0.29, 0.717) is 35.1 Å². The number of halogens is 1. The van der Waals surface area contributed by atoms with Gasteiger partial charge in [0.2, 0.25) is 5.78 Å². The first-order valence-electron chi connectivity index (χ1n) is 11.2. The Morgan fingerprint density at radius 3 is 2.00 bits per heavy atom. The lowest BCUT2D eigenvalue weighted by molar-refractivity contribution is -0.839. The second-order valence-corrected chi connectivity index (χ2v) is 8.48. The number of rotatable bonds is 11. The Morgan fingerprint density at radius 2 is 1.39 bits per heavy atom. The van der Waals surface area contributed by atoms with Crippen molar-refractivity contribution < 1.29 is 45.4 Å². The molecule has 0 heterocycles. The summed E-state index contributed by atoms with van der Waals surface area (Å²) in [6.45, 7) is 0.314. The minimum Gasteiger partial charge on any atom is -1.00 e. The highest BCUT2D eigenvalue weighted by Crippen LogP contribution is 2.29. The molecule has 192 valence electrons. The third kappa shape index (κ3) is 6.99. The van der Waals surface area contributed by atoms with Crippen LogP contribution in [0, 0.1) is 0 Å². The molecular formula is C28H32ClNO6. The quantitative estimate of drug-likeness (QED) is 0.284. The van der Waals surface area contributed by atoms with Crippen LogP contribution in [0.2, 0.25) is 0 Å². The molecule has 0 aromatic heterocycles. The summed E-state index contributed by atoms with van der Waals surface area (Å²) in [5.74, 6) is 2.29. The first-order chi connectivity index (χ1) is 16.8. The van der Waals surface area contributed by atoms with Crippen molar-refractivity contribution in [2.75, 3.05) is 42.0 Å². The summed E-state index contributed by atoms with van der Waals surface area (Å²) >= 11 is 0. The van der Waals surface area contributed by atoms with Crippen LogP contribution in [-0.2, 0) is 17.8 Å². The molecule has 0 spiro atoms. The molecule has 1 amide bonds. The van der Waals surface area contributed by atoms with Gasteiger partial charge in [-0.25, -0.2) is 4.79 Å². The van der Waals surface area contributed by atoms with Gasteiger partial charge in [0.1, 0.15) is 24.6 Å². The lowest BCUT2D eigenvalue weighted by atomic mass is 10.1. The van der Waals surface area contributed by atoms with Crippen molar-refractivity contribution in [1.29, 1.82) is 0 Å². The van der Waals surface area contributed by atoms with Crippen LogP contribution < -0.4 is 31.4 Å². The maximum atomic E-state index is 13.7. The summed E-state index contributed by atoms with van der Waals surface area (Å²) in [4.78, 5) is 26.9. The number of nitrogens with zero attached hydrogens (tertiary/aromatic N) is 1. The Labute approximate surface area is 218 Å². The highest BCUT2D eigenvalue weighted by atomic mass is 35.5. The molecule has 1 unspecified atom stereocenters. The third-order valence-electron chi connectivity index (χ3n) is 5.98. The number of hydrogen-bond donors (Lipinski definition) is 0. The summed E-state index contributed by atoms with van der Waals surface area (Å²) in [7, 11) is 8.09. The summed E-state index contributed by atoms with van der Waals surface area (Å²) in [6, 6.07) is 19.8. The van der Waals surface area contributed by atoms with Gasteiger partial charge in [-0.3, -0.25) is 9.28 Å². The number of carbonyl (C=O) groups is 2. The predicted molar refractivity (Wildman–Crippen MR) is 133 cm³/mol. The Hall–Kier alpha value is -3.55. The molecular weight excluding hydrogens is 482 g/mol. The van der Waals surface area contributed by atoms with Crippen LogP contribution in [0.25, 0.3) is 0 Å². The smallest absolute Gasteiger partial charge is 0.318 e. The SMILES string of the molecule is COc1ccc(C(=O)C[N+](C)(Cc2ccc(OC)c(OC)c2)C(=O)Cc2cccc(OC)c2)cc1.[Cl-]. The summed E-state index contributed by atoms with van der Waals surface area (Å²) in [6.07, 6.45) is 0.164. The summed E-state index contributed by atoms with van der Waals surface area (Å²) in [5, 5.41) is 0. The second-order valence-electron chi connectivity index (χ2n) is 8.48. The standard InChI is InChI=1S/C28H32NO6.ClH/c1-29(18-21-9-14-26(34-4)27(16-21)35-5,19-25(30)22-10-12-23(32-2)13-11-22)28(31)17-20-7-6-8-24(15-20)33-3;/h6-16H,17-19H2,1-5H3;1H/q+1;/p-1. The van der Waals surface area contributed by atoms with Crippen LogP contribution in [0.1, 0.15) is 21.5 Å². The fourth-order valence-electron chi connectivity index (χ4n) is 3.95. The van der Waals surface area contributed by atoms with Crippen molar-refractivity contribution in [3.05, 3.63) is 83.4 Å². The molecule has 0 fully saturated rings. The number of methoxy groups -OCH3 is 4. The molecule has 3 rings (SSSR count). The van der Waals surface area contributed by atoms with E-state index in [1.165, 1.54) is 0 Å². The Balaban J connectivity index is 0.00000456. The van der Waals surface area contributed by atoms with Crippen molar-refractivity contribution in [3.8, 4) is 23.0 Å². The first kappa shape index (κ1) is 28.7. The Bertz CT molecular complexity index is 1180. The number of quaternary nitrogens is 1. The Kier molecular flexibility index (Phi) is 10.3. The zero-order chi connectivity index (χ0) is 25.4. The molecule has 0 bridgehead atoms. The molecule has 36 heavy (non-hydrogen) atoms. The topological polar surface area (TPSA) is 71.1 Å². The summed E-state index contributed by atoms with van der Waals surface area (Å²) in [5.41, 5.74) is 2.20. The molecule has 0 N–H and O–H groups in total. The van der Waals surface area contributed by atoms with Gasteiger partial charge in [-0.05, 0) is 60.2 Å². The molecule has 0 aliphatic carbocycles. The van der Waals surface area contributed by atoms with Crippen LogP contribution in [0.3, 0.4) is 0 Å². The molecule has 0 aliphatic rings. The maximum absolute atomic E-state index is 13.7. The van der Waals surface area contributed by atoms with E-state index in [-0.39, 0.29) is 41.5 Å². The van der Waals surface area contributed by atoms with Gasteiger partial charge >= 0.3 is 5.91 Å². The highest BCUT2D eigenvalue weighted by molar-refractivity contribution is 5.98. The average molecular weight is 514 g/mol. The van der Waals surface area contributed by atoms with Crippen molar-refractivity contribution in [1.82, 2.24) is 0 Å². The number of benzene rings is 3. The van der Waals surface area contributed by atoms with Crippen molar-refractivity contribution in [2.45, 2.75) is 13.0 Å². The first-order valence-corrected chi connectivity index (χ1v) is 11.2. The Morgan fingerprint density at radius 1 is 0.722 bits per heavy atom. The normalized spacial score (nSPS) is 12.0. The molecule has 7 nitrogen and oxygen atoms in total. The molecule has 0 saturated heterocycles. The van der Waals surface area contributed by atoms with E-state index >= 15 is 0 Å². The molecule has 3 aromatic rings. The third-order valence-corrected chi connectivity index (χ3v) is 5.98. The van der Waals surface area contributed by atoms with Crippen molar-refractivity contribution >= 4 is 11.7 Å².